The van der Waals surface area contributed by atoms with Crippen molar-refractivity contribution in [3.63, 3.8) is 0 Å². The summed E-state index contributed by atoms with van der Waals surface area (Å²) in [4.78, 5) is 44.6. The molecule has 0 spiro atoms. The number of aliphatic hydroxyl groups excluding tert-OH is 1. The Kier molecular flexibility index (Phi) is 5.92. The molecule has 0 aromatic carbocycles. The van der Waals surface area contributed by atoms with Crippen LogP contribution >= 0.6 is 11.3 Å². The molecule has 1 saturated carbocycles. The Morgan fingerprint density at radius 2 is 1.86 bits per heavy atom. The van der Waals surface area contributed by atoms with Crippen molar-refractivity contribution in [3.05, 3.63) is 16.0 Å². The molecule has 0 unspecified atom stereocenters. The number of amides is 3. The van der Waals surface area contributed by atoms with E-state index in [4.69, 9.17) is 0 Å². The van der Waals surface area contributed by atoms with Gasteiger partial charge < -0.3 is 14.9 Å². The van der Waals surface area contributed by atoms with Gasteiger partial charge >= 0.3 is 0 Å². The number of hydrogen-bond acceptors (Lipinski definition) is 5. The maximum absolute atomic E-state index is 13.1. The summed E-state index contributed by atoms with van der Waals surface area (Å²) in [6.07, 6.45) is 7.28. The third-order valence-electron chi connectivity index (χ3n) is 6.36. The zero-order valence-corrected chi connectivity index (χ0v) is 17.8. The van der Waals surface area contributed by atoms with Crippen molar-refractivity contribution in [2.75, 3.05) is 38.2 Å². The minimum atomic E-state index is -0.182. The number of β-amino-alcohol motifs (C(OH)–C–C–N with tert-alkyl or cyclic N) is 1. The van der Waals surface area contributed by atoms with Crippen LogP contribution < -0.4 is 4.90 Å². The van der Waals surface area contributed by atoms with E-state index < -0.39 is 0 Å². The molecular weight excluding hydrogens is 390 g/mol. The minimum absolute atomic E-state index is 0.0152. The molecule has 29 heavy (non-hydrogen) atoms. The van der Waals surface area contributed by atoms with Crippen LogP contribution in [0.1, 0.15) is 59.3 Å². The molecule has 0 radical (unpaired) electrons. The number of thiophene rings is 1. The molecule has 2 aliphatic heterocycles. The van der Waals surface area contributed by atoms with Crippen LogP contribution in [-0.4, -0.2) is 65.9 Å². The van der Waals surface area contributed by atoms with Gasteiger partial charge in [-0.05, 0) is 24.8 Å². The quantitative estimate of drug-likeness (QED) is 0.760. The first-order valence-electron chi connectivity index (χ1n) is 10.6. The van der Waals surface area contributed by atoms with Crippen LogP contribution in [0, 0.1) is 5.92 Å². The van der Waals surface area contributed by atoms with Gasteiger partial charge in [0.1, 0.15) is 11.5 Å². The summed E-state index contributed by atoms with van der Waals surface area (Å²) in [5.41, 5.74) is 1.57. The zero-order valence-electron chi connectivity index (χ0n) is 17.0. The molecule has 0 saturated heterocycles. The third-order valence-corrected chi connectivity index (χ3v) is 7.60. The van der Waals surface area contributed by atoms with E-state index in [-0.39, 0.29) is 43.3 Å². The van der Waals surface area contributed by atoms with Gasteiger partial charge in [-0.2, -0.15) is 0 Å². The highest BCUT2D eigenvalue weighted by atomic mass is 32.1. The standard InChI is InChI=1S/C21H29N3O4S/c1-22-13-17(26)24(10-11-25)21-18(20(22)28)15-8-9-23(12-16(15)29-21)19(27)14-6-4-2-3-5-7-14/h14,25H,2-13H2,1H3. The van der Waals surface area contributed by atoms with E-state index in [2.05, 4.69) is 0 Å². The number of likely N-dealkylation sites (N-methyl/N-ethyl adjacent to an activating group) is 1. The van der Waals surface area contributed by atoms with E-state index in [1.54, 1.807) is 7.05 Å². The number of aliphatic hydroxyl groups is 1. The SMILES string of the molecule is CN1CC(=O)N(CCO)c2sc3c(c2C1=O)CCN(C(=O)C1CCCCCC1)C3. The van der Waals surface area contributed by atoms with Crippen LogP contribution in [0.4, 0.5) is 5.00 Å². The van der Waals surface area contributed by atoms with Gasteiger partial charge in [-0.25, -0.2) is 0 Å². The molecule has 1 fully saturated rings. The van der Waals surface area contributed by atoms with Crippen molar-refractivity contribution in [2.24, 2.45) is 5.92 Å². The molecule has 1 aromatic rings. The smallest absolute Gasteiger partial charge is 0.257 e. The van der Waals surface area contributed by atoms with E-state index in [1.807, 2.05) is 4.90 Å². The van der Waals surface area contributed by atoms with Gasteiger partial charge in [-0.3, -0.25) is 19.3 Å². The Balaban J connectivity index is 1.62. The van der Waals surface area contributed by atoms with Gasteiger partial charge in [0.15, 0.2) is 0 Å². The lowest BCUT2D eigenvalue weighted by Crippen LogP contribution is -2.40. The minimum Gasteiger partial charge on any atom is -0.395 e. The number of rotatable bonds is 3. The normalized spacial score (nSPS) is 21.0. The fraction of sp³-hybridized carbons (Fsp3) is 0.667. The second-order valence-electron chi connectivity index (χ2n) is 8.31. The maximum atomic E-state index is 13.1. The molecule has 8 heteroatoms. The summed E-state index contributed by atoms with van der Waals surface area (Å²) < 4.78 is 0. The lowest BCUT2D eigenvalue weighted by Gasteiger charge is -2.30. The fourth-order valence-corrected chi connectivity index (χ4v) is 6.16. The van der Waals surface area contributed by atoms with Crippen LogP contribution in [0.15, 0.2) is 0 Å². The maximum Gasteiger partial charge on any atom is 0.257 e. The number of carbonyl (C=O) groups excluding carboxylic acids is 3. The van der Waals surface area contributed by atoms with Crippen molar-refractivity contribution in [1.82, 2.24) is 9.80 Å². The highest BCUT2D eigenvalue weighted by Crippen LogP contribution is 2.41. The van der Waals surface area contributed by atoms with Crippen LogP contribution in [0.3, 0.4) is 0 Å². The molecule has 1 N–H and O–H groups in total. The van der Waals surface area contributed by atoms with Gasteiger partial charge in [-0.1, -0.05) is 25.7 Å². The molecule has 0 atom stereocenters. The Morgan fingerprint density at radius 1 is 1.14 bits per heavy atom. The third kappa shape index (κ3) is 3.80. The number of nitrogens with zero attached hydrogens (tertiary/aromatic N) is 3. The van der Waals surface area contributed by atoms with Crippen molar-refractivity contribution < 1.29 is 19.5 Å². The number of anilines is 1. The Bertz CT molecular complexity index is 813. The average molecular weight is 420 g/mol. The topological polar surface area (TPSA) is 81.2 Å². The second kappa shape index (κ2) is 8.44. The Morgan fingerprint density at radius 3 is 2.55 bits per heavy atom. The molecule has 1 aromatic heterocycles. The predicted molar refractivity (Wildman–Crippen MR) is 111 cm³/mol. The van der Waals surface area contributed by atoms with Gasteiger partial charge in [0.25, 0.3) is 5.91 Å². The Hall–Kier alpha value is -1.93. The summed E-state index contributed by atoms with van der Waals surface area (Å²) >= 11 is 1.43. The average Bonchev–Trinajstić information content (AvgIpc) is 2.84. The Labute approximate surface area is 175 Å². The summed E-state index contributed by atoms with van der Waals surface area (Å²) in [7, 11) is 1.64. The monoisotopic (exact) mass is 419 g/mol. The van der Waals surface area contributed by atoms with Crippen LogP contribution in [0.5, 0.6) is 0 Å². The molecule has 4 rings (SSSR count). The van der Waals surface area contributed by atoms with E-state index in [0.717, 1.165) is 36.1 Å². The van der Waals surface area contributed by atoms with E-state index in [9.17, 15) is 19.5 Å². The molecule has 3 aliphatic rings. The largest absolute Gasteiger partial charge is 0.395 e. The summed E-state index contributed by atoms with van der Waals surface area (Å²) in [5.74, 6) is 0.0402. The molecule has 7 nitrogen and oxygen atoms in total. The van der Waals surface area contributed by atoms with Crippen molar-refractivity contribution in [3.8, 4) is 0 Å². The number of carbonyl (C=O) groups is 3. The first kappa shape index (κ1) is 20.3. The van der Waals surface area contributed by atoms with Gasteiger partial charge in [0.2, 0.25) is 11.8 Å². The second-order valence-corrected chi connectivity index (χ2v) is 9.40. The molecule has 158 valence electrons. The molecule has 0 bridgehead atoms. The zero-order chi connectivity index (χ0) is 20.5. The highest BCUT2D eigenvalue weighted by Gasteiger charge is 2.38. The molecular formula is C21H29N3O4S. The first-order valence-corrected chi connectivity index (χ1v) is 11.4. The van der Waals surface area contributed by atoms with Gasteiger partial charge in [0, 0.05) is 30.9 Å². The van der Waals surface area contributed by atoms with Crippen LogP contribution in [0.25, 0.3) is 0 Å². The van der Waals surface area contributed by atoms with Crippen molar-refractivity contribution in [1.29, 1.82) is 0 Å². The molecule has 3 amide bonds. The molecule has 3 heterocycles. The number of hydrogen-bond donors (Lipinski definition) is 1. The number of fused-ring (bicyclic) bond motifs is 3. The lowest BCUT2D eigenvalue weighted by atomic mass is 9.96. The van der Waals surface area contributed by atoms with Gasteiger partial charge in [-0.15, -0.1) is 11.3 Å². The van der Waals surface area contributed by atoms with Crippen molar-refractivity contribution >= 4 is 34.1 Å². The van der Waals surface area contributed by atoms with E-state index in [1.165, 1.54) is 34.0 Å². The lowest BCUT2D eigenvalue weighted by molar-refractivity contribution is -0.136. The van der Waals surface area contributed by atoms with Crippen LogP contribution in [0.2, 0.25) is 0 Å². The summed E-state index contributed by atoms with van der Waals surface area (Å²) in [6.45, 7) is 1.17. The van der Waals surface area contributed by atoms with Crippen LogP contribution in [-0.2, 0) is 22.6 Å². The predicted octanol–water partition coefficient (Wildman–Crippen LogP) is 2.01. The van der Waals surface area contributed by atoms with Gasteiger partial charge in [0.05, 0.1) is 18.7 Å². The first-order chi connectivity index (χ1) is 14.0. The summed E-state index contributed by atoms with van der Waals surface area (Å²) in [6, 6.07) is 0. The summed E-state index contributed by atoms with van der Waals surface area (Å²) in [5, 5.41) is 10.1. The molecule has 1 aliphatic carbocycles. The van der Waals surface area contributed by atoms with E-state index >= 15 is 0 Å². The highest BCUT2D eigenvalue weighted by molar-refractivity contribution is 7.17. The fourth-order valence-electron chi connectivity index (χ4n) is 4.76. The van der Waals surface area contributed by atoms with Crippen molar-refractivity contribution in [2.45, 2.75) is 51.5 Å². The van der Waals surface area contributed by atoms with E-state index in [0.29, 0.717) is 30.1 Å².